The molecular weight excluding hydrogens is 292 g/mol. The molecule has 0 saturated carbocycles. The highest BCUT2D eigenvalue weighted by atomic mass is 32.2. The number of likely N-dealkylation sites (N-methyl/N-ethyl adjacent to an activating group) is 2. The summed E-state index contributed by atoms with van der Waals surface area (Å²) >= 11 is 1.45. The monoisotopic (exact) mass is 316 g/mol. The SMILES string of the molecule is CSc1ccccc1S(=O)(=O)N(C)CCN(C)C(C)C. The van der Waals surface area contributed by atoms with Crippen LogP contribution in [0.15, 0.2) is 34.1 Å². The number of thioether (sulfide) groups is 1. The maximum Gasteiger partial charge on any atom is 0.243 e. The summed E-state index contributed by atoms with van der Waals surface area (Å²) in [4.78, 5) is 3.31. The molecule has 0 aliphatic heterocycles. The molecule has 4 nitrogen and oxygen atoms in total. The van der Waals surface area contributed by atoms with Crippen molar-refractivity contribution in [2.45, 2.75) is 29.7 Å². The molecule has 20 heavy (non-hydrogen) atoms. The Balaban J connectivity index is 2.88. The molecule has 0 unspecified atom stereocenters. The molecule has 0 radical (unpaired) electrons. The lowest BCUT2D eigenvalue weighted by Crippen LogP contribution is -2.37. The Hall–Kier alpha value is -0.560. The van der Waals surface area contributed by atoms with Gasteiger partial charge in [0.1, 0.15) is 0 Å². The van der Waals surface area contributed by atoms with Crippen molar-refractivity contribution < 1.29 is 8.42 Å². The summed E-state index contributed by atoms with van der Waals surface area (Å²) in [5.74, 6) is 0. The van der Waals surface area contributed by atoms with Crippen molar-refractivity contribution >= 4 is 21.8 Å². The van der Waals surface area contributed by atoms with E-state index in [2.05, 4.69) is 18.7 Å². The van der Waals surface area contributed by atoms with E-state index in [9.17, 15) is 8.42 Å². The number of benzene rings is 1. The molecule has 0 bridgehead atoms. The molecule has 0 fully saturated rings. The first-order valence-corrected chi connectivity index (χ1v) is 9.26. The van der Waals surface area contributed by atoms with Gasteiger partial charge >= 0.3 is 0 Å². The second-order valence-corrected chi connectivity index (χ2v) is 7.91. The summed E-state index contributed by atoms with van der Waals surface area (Å²) in [5.41, 5.74) is 0. The second-order valence-electron chi connectivity index (χ2n) is 5.05. The van der Waals surface area contributed by atoms with Crippen LogP contribution in [0.2, 0.25) is 0 Å². The van der Waals surface area contributed by atoms with Crippen molar-refractivity contribution in [2.75, 3.05) is 33.4 Å². The Morgan fingerprint density at radius 1 is 1.15 bits per heavy atom. The lowest BCUT2D eigenvalue weighted by atomic mass is 10.3. The van der Waals surface area contributed by atoms with E-state index in [1.54, 1.807) is 19.2 Å². The Kier molecular flexibility index (Phi) is 6.51. The first-order valence-electron chi connectivity index (χ1n) is 6.60. The molecule has 114 valence electrons. The average molecular weight is 316 g/mol. The Morgan fingerprint density at radius 3 is 2.30 bits per heavy atom. The minimum absolute atomic E-state index is 0.391. The fourth-order valence-corrected chi connectivity index (χ4v) is 3.96. The number of nitrogens with zero attached hydrogens (tertiary/aromatic N) is 2. The standard InChI is InChI=1S/C14H24N2O2S2/c1-12(2)15(3)10-11-16(4)20(17,18)14-9-7-6-8-13(14)19-5/h6-9,12H,10-11H2,1-5H3. The highest BCUT2D eigenvalue weighted by Gasteiger charge is 2.23. The third kappa shape index (κ3) is 4.22. The van der Waals surface area contributed by atoms with Crippen LogP contribution in [0.25, 0.3) is 0 Å². The van der Waals surface area contributed by atoms with E-state index >= 15 is 0 Å². The third-order valence-corrected chi connectivity index (χ3v) is 6.25. The van der Waals surface area contributed by atoms with Gasteiger partial charge in [-0.25, -0.2) is 8.42 Å². The number of rotatable bonds is 7. The van der Waals surface area contributed by atoms with Crippen LogP contribution in [0.1, 0.15) is 13.8 Å². The Bertz CT molecular complexity index is 530. The van der Waals surface area contributed by atoms with Gasteiger partial charge in [0.2, 0.25) is 10.0 Å². The van der Waals surface area contributed by atoms with Crippen molar-refractivity contribution in [3.05, 3.63) is 24.3 Å². The summed E-state index contributed by atoms with van der Waals surface area (Å²) in [6.45, 7) is 5.39. The average Bonchev–Trinajstić information content (AvgIpc) is 2.43. The van der Waals surface area contributed by atoms with Crippen molar-refractivity contribution in [1.29, 1.82) is 0 Å². The highest BCUT2D eigenvalue weighted by Crippen LogP contribution is 2.26. The molecule has 6 heteroatoms. The van der Waals surface area contributed by atoms with Gasteiger partial charge in [0.15, 0.2) is 0 Å². The zero-order valence-electron chi connectivity index (χ0n) is 12.8. The Labute approximate surface area is 127 Å². The van der Waals surface area contributed by atoms with Crippen molar-refractivity contribution in [3.8, 4) is 0 Å². The van der Waals surface area contributed by atoms with Gasteiger partial charge < -0.3 is 4.90 Å². The van der Waals surface area contributed by atoms with Crippen molar-refractivity contribution in [3.63, 3.8) is 0 Å². The van der Waals surface area contributed by atoms with Crippen LogP contribution in [-0.2, 0) is 10.0 Å². The summed E-state index contributed by atoms with van der Waals surface area (Å²) in [6.07, 6.45) is 1.89. The number of hydrogen-bond donors (Lipinski definition) is 0. The maximum absolute atomic E-state index is 12.6. The van der Waals surface area contributed by atoms with Gasteiger partial charge in [-0.15, -0.1) is 11.8 Å². The van der Waals surface area contributed by atoms with Crippen LogP contribution in [0.5, 0.6) is 0 Å². The van der Waals surface area contributed by atoms with E-state index in [1.807, 2.05) is 25.4 Å². The van der Waals surface area contributed by atoms with Crippen LogP contribution >= 0.6 is 11.8 Å². The highest BCUT2D eigenvalue weighted by molar-refractivity contribution is 7.99. The van der Waals surface area contributed by atoms with Crippen LogP contribution in [0, 0.1) is 0 Å². The molecule has 0 atom stereocenters. The summed E-state index contributed by atoms with van der Waals surface area (Å²) < 4.78 is 26.6. The van der Waals surface area contributed by atoms with Gasteiger partial charge in [0.25, 0.3) is 0 Å². The first-order chi connectivity index (χ1) is 9.30. The predicted octanol–water partition coefficient (Wildman–Crippen LogP) is 2.37. The van der Waals surface area contributed by atoms with Crippen LogP contribution in [0.3, 0.4) is 0 Å². The zero-order valence-corrected chi connectivity index (χ0v) is 14.5. The largest absolute Gasteiger partial charge is 0.303 e. The van der Waals surface area contributed by atoms with Gasteiger partial charge in [-0.2, -0.15) is 4.31 Å². The molecule has 0 amide bonds. The molecule has 0 saturated heterocycles. The third-order valence-electron chi connectivity index (χ3n) is 3.41. The van der Waals surface area contributed by atoms with E-state index in [0.717, 1.165) is 11.4 Å². The second kappa shape index (κ2) is 7.45. The Morgan fingerprint density at radius 2 is 1.75 bits per heavy atom. The van der Waals surface area contributed by atoms with Crippen LogP contribution in [-0.4, -0.2) is 57.1 Å². The summed E-state index contributed by atoms with van der Waals surface area (Å²) in [5, 5.41) is 0. The quantitative estimate of drug-likeness (QED) is 0.724. The number of sulfonamides is 1. The molecule has 0 spiro atoms. The van der Waals surface area contributed by atoms with Crippen molar-refractivity contribution in [2.24, 2.45) is 0 Å². The molecule has 0 heterocycles. The minimum Gasteiger partial charge on any atom is -0.303 e. The summed E-state index contributed by atoms with van der Waals surface area (Å²) in [7, 11) is 0.223. The molecule has 0 N–H and O–H groups in total. The number of hydrogen-bond acceptors (Lipinski definition) is 4. The minimum atomic E-state index is -3.42. The van der Waals surface area contributed by atoms with E-state index in [4.69, 9.17) is 0 Å². The lowest BCUT2D eigenvalue weighted by molar-refractivity contribution is 0.257. The topological polar surface area (TPSA) is 40.6 Å². The fourth-order valence-electron chi connectivity index (χ4n) is 1.68. The van der Waals surface area contributed by atoms with Gasteiger partial charge in [-0.1, -0.05) is 12.1 Å². The van der Waals surface area contributed by atoms with Gasteiger partial charge in [-0.05, 0) is 39.3 Å². The van der Waals surface area contributed by atoms with E-state index in [1.165, 1.54) is 16.1 Å². The molecule has 1 aromatic rings. The molecule has 0 aromatic heterocycles. The predicted molar refractivity (Wildman–Crippen MR) is 85.8 cm³/mol. The maximum atomic E-state index is 12.6. The van der Waals surface area contributed by atoms with Gasteiger partial charge in [0, 0.05) is 31.1 Å². The molecular formula is C14H24N2O2S2. The molecule has 0 aliphatic carbocycles. The van der Waals surface area contributed by atoms with Gasteiger partial charge in [0.05, 0.1) is 4.90 Å². The summed E-state index contributed by atoms with van der Waals surface area (Å²) in [6, 6.07) is 7.54. The van der Waals surface area contributed by atoms with Crippen LogP contribution < -0.4 is 0 Å². The van der Waals surface area contributed by atoms with E-state index in [0.29, 0.717) is 17.5 Å². The lowest BCUT2D eigenvalue weighted by Gasteiger charge is -2.25. The van der Waals surface area contributed by atoms with E-state index < -0.39 is 10.0 Å². The first kappa shape index (κ1) is 17.5. The zero-order chi connectivity index (χ0) is 15.3. The smallest absolute Gasteiger partial charge is 0.243 e. The van der Waals surface area contributed by atoms with Crippen LogP contribution in [0.4, 0.5) is 0 Å². The molecule has 1 aromatic carbocycles. The fraction of sp³-hybridized carbons (Fsp3) is 0.571. The molecule has 0 aliphatic rings. The normalized spacial score (nSPS) is 12.6. The van der Waals surface area contributed by atoms with E-state index in [-0.39, 0.29) is 0 Å². The van der Waals surface area contributed by atoms with Crippen molar-refractivity contribution in [1.82, 2.24) is 9.21 Å². The van der Waals surface area contributed by atoms with Gasteiger partial charge in [-0.3, -0.25) is 0 Å². The molecule has 1 rings (SSSR count).